The predicted octanol–water partition coefficient (Wildman–Crippen LogP) is 0.828. The molecule has 1 aliphatic rings. The summed E-state index contributed by atoms with van der Waals surface area (Å²) in [5, 5.41) is 0. The summed E-state index contributed by atoms with van der Waals surface area (Å²) in [4.78, 5) is 10.2. The van der Waals surface area contributed by atoms with Gasteiger partial charge in [0.2, 0.25) is 5.91 Å². The lowest BCUT2D eigenvalue weighted by molar-refractivity contribution is -0.113. The van der Waals surface area contributed by atoms with Crippen LogP contribution in [0.15, 0.2) is 12.2 Å². The second kappa shape index (κ2) is 2.67. The molecule has 0 heterocycles. The molecule has 0 spiro atoms. The van der Waals surface area contributed by atoms with Crippen molar-refractivity contribution >= 4 is 5.91 Å². The van der Waals surface area contributed by atoms with Gasteiger partial charge >= 0.3 is 0 Å². The van der Waals surface area contributed by atoms with Crippen molar-refractivity contribution in [1.82, 2.24) is 0 Å². The summed E-state index contributed by atoms with van der Waals surface area (Å²) < 4.78 is 0. The molecule has 0 bridgehead atoms. The molecule has 1 fully saturated rings. The summed E-state index contributed by atoms with van der Waals surface area (Å²) in [7, 11) is 0. The minimum atomic E-state index is -0.332. The highest BCUT2D eigenvalue weighted by Crippen LogP contribution is 2.26. The van der Waals surface area contributed by atoms with E-state index in [0.29, 0.717) is 5.92 Å². The van der Waals surface area contributed by atoms with Crippen LogP contribution >= 0.6 is 0 Å². The molecular weight excluding hydrogens is 114 g/mol. The maximum Gasteiger partial charge on any atom is 0.241 e. The average molecular weight is 125 g/mol. The summed E-state index contributed by atoms with van der Waals surface area (Å²) in [6.45, 7) is 0. The lowest BCUT2D eigenvalue weighted by Gasteiger charge is -2.20. The number of carbonyl (C=O) groups is 1. The van der Waals surface area contributed by atoms with Gasteiger partial charge in [0, 0.05) is 0 Å². The van der Waals surface area contributed by atoms with Crippen molar-refractivity contribution in [2.24, 2.45) is 11.7 Å². The molecule has 0 atom stereocenters. The zero-order chi connectivity index (χ0) is 6.69. The quantitative estimate of drug-likeness (QED) is 0.546. The minimum absolute atomic E-state index is 0.332. The maximum atomic E-state index is 10.2. The first-order valence-corrected chi connectivity index (χ1v) is 3.26. The van der Waals surface area contributed by atoms with Gasteiger partial charge in [0.25, 0.3) is 0 Å². The zero-order valence-corrected chi connectivity index (χ0v) is 5.34. The van der Waals surface area contributed by atoms with E-state index in [-0.39, 0.29) is 5.91 Å². The van der Waals surface area contributed by atoms with E-state index < -0.39 is 0 Å². The second-order valence-electron chi connectivity index (χ2n) is 2.45. The van der Waals surface area contributed by atoms with Crippen LogP contribution in [-0.2, 0) is 4.79 Å². The van der Waals surface area contributed by atoms with Gasteiger partial charge in [0.1, 0.15) is 0 Å². The van der Waals surface area contributed by atoms with Gasteiger partial charge in [0.05, 0.1) is 0 Å². The Morgan fingerprint density at radius 2 is 2.22 bits per heavy atom. The van der Waals surface area contributed by atoms with E-state index in [4.69, 9.17) is 5.73 Å². The van der Waals surface area contributed by atoms with Crippen LogP contribution in [0.3, 0.4) is 0 Å². The molecule has 0 radical (unpaired) electrons. The molecule has 2 nitrogen and oxygen atoms in total. The normalized spacial score (nSPS) is 20.0. The summed E-state index contributed by atoms with van der Waals surface area (Å²) in [6, 6.07) is 0. The molecule has 0 aromatic carbocycles. The topological polar surface area (TPSA) is 43.1 Å². The van der Waals surface area contributed by atoms with Crippen LogP contribution in [0.2, 0.25) is 0 Å². The third kappa shape index (κ3) is 1.88. The first kappa shape index (κ1) is 6.33. The molecule has 0 unspecified atom stereocenters. The first-order valence-electron chi connectivity index (χ1n) is 3.26. The van der Waals surface area contributed by atoms with Crippen LogP contribution in [0.4, 0.5) is 0 Å². The van der Waals surface area contributed by atoms with E-state index in [2.05, 4.69) is 0 Å². The Bertz CT molecular complexity index is 136. The molecule has 1 aliphatic carbocycles. The van der Waals surface area contributed by atoms with Gasteiger partial charge in [0.15, 0.2) is 0 Å². The number of amides is 1. The fourth-order valence-electron chi connectivity index (χ4n) is 0.863. The molecule has 0 aromatic rings. The van der Waals surface area contributed by atoms with E-state index >= 15 is 0 Å². The second-order valence-corrected chi connectivity index (χ2v) is 2.45. The van der Waals surface area contributed by atoms with Gasteiger partial charge in [-0.15, -0.1) is 0 Å². The minimum Gasteiger partial charge on any atom is -0.366 e. The van der Waals surface area contributed by atoms with Crippen molar-refractivity contribution in [3.63, 3.8) is 0 Å². The monoisotopic (exact) mass is 125 g/mol. The van der Waals surface area contributed by atoms with Gasteiger partial charge in [-0.2, -0.15) is 0 Å². The van der Waals surface area contributed by atoms with Gasteiger partial charge in [-0.05, 0) is 24.8 Å². The number of primary amides is 1. The molecule has 2 heteroatoms. The van der Waals surface area contributed by atoms with E-state index in [1.165, 1.54) is 25.3 Å². The Labute approximate surface area is 54.7 Å². The average Bonchev–Trinajstić information content (AvgIpc) is 1.60. The highest BCUT2D eigenvalue weighted by Gasteiger charge is 2.13. The molecular formula is C7H11NO. The number of hydrogen-bond donors (Lipinski definition) is 1. The standard InChI is InChI=1S/C7H11NO/c8-7(9)5-4-6-2-1-3-6/h4-6H,1-3H2,(H2,8,9). The highest BCUT2D eigenvalue weighted by atomic mass is 16.1. The summed E-state index contributed by atoms with van der Waals surface area (Å²) in [5.41, 5.74) is 4.89. The van der Waals surface area contributed by atoms with Gasteiger partial charge in [-0.3, -0.25) is 4.79 Å². The summed E-state index contributed by atoms with van der Waals surface area (Å²) in [5.74, 6) is 0.305. The zero-order valence-electron chi connectivity index (χ0n) is 5.34. The number of rotatable bonds is 2. The maximum absolute atomic E-state index is 10.2. The highest BCUT2D eigenvalue weighted by molar-refractivity contribution is 5.85. The van der Waals surface area contributed by atoms with Crippen molar-refractivity contribution in [3.05, 3.63) is 12.2 Å². The van der Waals surface area contributed by atoms with Crippen LogP contribution in [0.1, 0.15) is 19.3 Å². The van der Waals surface area contributed by atoms with E-state index in [1.807, 2.05) is 6.08 Å². The van der Waals surface area contributed by atoms with Gasteiger partial charge in [-0.25, -0.2) is 0 Å². The van der Waals surface area contributed by atoms with Gasteiger partial charge < -0.3 is 5.73 Å². The molecule has 9 heavy (non-hydrogen) atoms. The molecule has 0 aliphatic heterocycles. The van der Waals surface area contributed by atoms with Crippen molar-refractivity contribution in [2.75, 3.05) is 0 Å². The lowest BCUT2D eigenvalue weighted by Crippen LogP contribution is -2.10. The Hall–Kier alpha value is -0.790. The molecule has 0 saturated heterocycles. The van der Waals surface area contributed by atoms with Crippen LogP contribution in [-0.4, -0.2) is 5.91 Å². The Morgan fingerprint density at radius 3 is 2.56 bits per heavy atom. The van der Waals surface area contributed by atoms with E-state index in [0.717, 1.165) is 0 Å². The van der Waals surface area contributed by atoms with Crippen molar-refractivity contribution < 1.29 is 4.79 Å². The molecule has 1 amide bonds. The van der Waals surface area contributed by atoms with E-state index in [1.54, 1.807) is 0 Å². The number of carbonyl (C=O) groups excluding carboxylic acids is 1. The fraction of sp³-hybridized carbons (Fsp3) is 0.571. The fourth-order valence-corrected chi connectivity index (χ4v) is 0.863. The molecule has 1 saturated carbocycles. The number of nitrogens with two attached hydrogens (primary N) is 1. The Morgan fingerprint density at radius 1 is 1.56 bits per heavy atom. The third-order valence-corrected chi connectivity index (χ3v) is 1.68. The third-order valence-electron chi connectivity index (χ3n) is 1.68. The molecule has 50 valence electrons. The Kier molecular flexibility index (Phi) is 1.88. The van der Waals surface area contributed by atoms with Crippen molar-refractivity contribution in [3.8, 4) is 0 Å². The van der Waals surface area contributed by atoms with Crippen LogP contribution in [0.25, 0.3) is 0 Å². The number of allylic oxidation sites excluding steroid dienone is 1. The summed E-state index contributed by atoms with van der Waals surface area (Å²) in [6.07, 6.45) is 7.12. The molecule has 2 N–H and O–H groups in total. The largest absolute Gasteiger partial charge is 0.366 e. The summed E-state index contributed by atoms with van der Waals surface area (Å²) >= 11 is 0. The predicted molar refractivity (Wildman–Crippen MR) is 35.7 cm³/mol. The van der Waals surface area contributed by atoms with E-state index in [9.17, 15) is 4.79 Å². The molecule has 0 aromatic heterocycles. The van der Waals surface area contributed by atoms with Crippen molar-refractivity contribution in [1.29, 1.82) is 0 Å². The van der Waals surface area contributed by atoms with Crippen molar-refractivity contribution in [2.45, 2.75) is 19.3 Å². The molecule has 1 rings (SSSR count). The Balaban J connectivity index is 2.22. The van der Waals surface area contributed by atoms with Crippen LogP contribution in [0, 0.1) is 5.92 Å². The first-order chi connectivity index (χ1) is 4.29. The van der Waals surface area contributed by atoms with Crippen LogP contribution < -0.4 is 5.73 Å². The number of hydrogen-bond acceptors (Lipinski definition) is 1. The smallest absolute Gasteiger partial charge is 0.241 e. The lowest BCUT2D eigenvalue weighted by atomic mass is 9.85. The SMILES string of the molecule is NC(=O)C=CC1CCC1. The van der Waals surface area contributed by atoms with Crippen LogP contribution in [0.5, 0.6) is 0 Å². The van der Waals surface area contributed by atoms with Gasteiger partial charge in [-0.1, -0.05) is 12.5 Å².